The third kappa shape index (κ3) is 15.9. The van der Waals surface area contributed by atoms with Crippen molar-refractivity contribution in [1.29, 1.82) is 0 Å². The molecule has 0 saturated carbocycles. The van der Waals surface area contributed by atoms with Crippen LogP contribution < -0.4 is 5.32 Å². The summed E-state index contributed by atoms with van der Waals surface area (Å²) in [5, 5.41) is 3.50. The molecule has 0 aromatic heterocycles. The Bertz CT molecular complexity index is 123. The summed E-state index contributed by atoms with van der Waals surface area (Å²) in [7, 11) is 0. The molecule has 0 atom stereocenters. The molecule has 0 bridgehead atoms. The van der Waals surface area contributed by atoms with Gasteiger partial charge in [-0.05, 0) is 32.4 Å². The Balaban J connectivity index is 2.86. The van der Waals surface area contributed by atoms with E-state index in [1.807, 2.05) is 0 Å². The quantitative estimate of drug-likeness (QED) is 0.435. The Kier molecular flexibility index (Phi) is 16.8. The summed E-state index contributed by atoms with van der Waals surface area (Å²) in [6.07, 6.45) is 13.4. The Morgan fingerprint density at radius 3 is 1.89 bits per heavy atom. The molecule has 0 saturated heterocycles. The van der Waals surface area contributed by atoms with Crippen LogP contribution in [0.25, 0.3) is 0 Å². The molecule has 0 heterocycles. The van der Waals surface area contributed by atoms with Gasteiger partial charge in [0, 0.05) is 13.2 Å². The third-order valence-corrected chi connectivity index (χ3v) is 3.24. The molecule has 2 nitrogen and oxygen atoms in total. The van der Waals surface area contributed by atoms with Gasteiger partial charge in [0.25, 0.3) is 0 Å². The van der Waals surface area contributed by atoms with E-state index in [1.54, 1.807) is 0 Å². The van der Waals surface area contributed by atoms with Gasteiger partial charge in [-0.2, -0.15) is 0 Å². The van der Waals surface area contributed by atoms with E-state index in [2.05, 4.69) is 19.2 Å². The Hall–Kier alpha value is -0.0800. The molecule has 0 spiro atoms. The molecule has 0 unspecified atom stereocenters. The maximum absolute atomic E-state index is 5.52. The molecule has 0 rings (SSSR count). The van der Waals surface area contributed by atoms with Crippen molar-refractivity contribution in [2.75, 3.05) is 26.3 Å². The van der Waals surface area contributed by atoms with Crippen LogP contribution in [0.5, 0.6) is 0 Å². The first-order valence-electron chi connectivity index (χ1n) is 8.20. The maximum Gasteiger partial charge on any atom is 0.0478 e. The molecule has 18 heavy (non-hydrogen) atoms. The van der Waals surface area contributed by atoms with E-state index >= 15 is 0 Å². The fourth-order valence-corrected chi connectivity index (χ4v) is 1.98. The third-order valence-electron chi connectivity index (χ3n) is 3.24. The normalized spacial score (nSPS) is 11.0. The Labute approximate surface area is 115 Å². The molecule has 0 aliphatic heterocycles. The minimum Gasteiger partial charge on any atom is -0.381 e. The van der Waals surface area contributed by atoms with Crippen molar-refractivity contribution in [1.82, 2.24) is 5.32 Å². The molecule has 0 aromatic carbocycles. The number of hydrogen-bond donors (Lipinski definition) is 1. The number of unbranched alkanes of at least 4 members (excludes halogenated alkanes) is 7. The summed E-state index contributed by atoms with van der Waals surface area (Å²) in [6.45, 7) is 8.63. The van der Waals surface area contributed by atoms with Gasteiger partial charge in [0.1, 0.15) is 0 Å². The number of hydrogen-bond acceptors (Lipinski definition) is 2. The fraction of sp³-hybridized carbons (Fsp3) is 1.00. The summed E-state index contributed by atoms with van der Waals surface area (Å²) in [5.41, 5.74) is 0. The highest BCUT2D eigenvalue weighted by Gasteiger charge is 1.92. The lowest BCUT2D eigenvalue weighted by molar-refractivity contribution is 0.129. The zero-order valence-electron chi connectivity index (χ0n) is 12.8. The summed E-state index contributed by atoms with van der Waals surface area (Å²) in [5.74, 6) is 0. The standard InChI is InChI=1S/C16H35NO/c1-3-5-7-8-9-10-11-13-17-14-12-16-18-15-6-4-2/h17H,3-16H2,1-2H3. The molecule has 2 heteroatoms. The lowest BCUT2D eigenvalue weighted by Crippen LogP contribution is -2.18. The van der Waals surface area contributed by atoms with Crippen LogP contribution in [0.1, 0.15) is 78.1 Å². The first-order valence-corrected chi connectivity index (χ1v) is 8.20. The van der Waals surface area contributed by atoms with Gasteiger partial charge >= 0.3 is 0 Å². The highest BCUT2D eigenvalue weighted by Crippen LogP contribution is 2.06. The van der Waals surface area contributed by atoms with Crippen LogP contribution in [-0.2, 0) is 4.74 Å². The number of ether oxygens (including phenoxy) is 1. The van der Waals surface area contributed by atoms with Gasteiger partial charge in [0.05, 0.1) is 0 Å². The second kappa shape index (κ2) is 16.9. The van der Waals surface area contributed by atoms with Crippen molar-refractivity contribution in [3.63, 3.8) is 0 Å². The summed E-state index contributed by atoms with van der Waals surface area (Å²) >= 11 is 0. The average Bonchev–Trinajstić information content (AvgIpc) is 2.39. The average molecular weight is 257 g/mol. The Morgan fingerprint density at radius 1 is 0.611 bits per heavy atom. The van der Waals surface area contributed by atoms with Gasteiger partial charge in [0.2, 0.25) is 0 Å². The van der Waals surface area contributed by atoms with Crippen LogP contribution in [0.4, 0.5) is 0 Å². The first-order chi connectivity index (χ1) is 8.91. The number of nitrogens with one attached hydrogen (secondary N) is 1. The van der Waals surface area contributed by atoms with Crippen molar-refractivity contribution in [3.05, 3.63) is 0 Å². The second-order valence-corrected chi connectivity index (χ2v) is 5.19. The van der Waals surface area contributed by atoms with Crippen LogP contribution in [-0.4, -0.2) is 26.3 Å². The highest BCUT2D eigenvalue weighted by molar-refractivity contribution is 4.50. The molecule has 0 amide bonds. The molecular weight excluding hydrogens is 222 g/mol. The van der Waals surface area contributed by atoms with E-state index in [0.717, 1.165) is 26.2 Å². The van der Waals surface area contributed by atoms with Crippen LogP contribution in [0.15, 0.2) is 0 Å². The molecule has 0 fully saturated rings. The van der Waals surface area contributed by atoms with Gasteiger partial charge in [-0.25, -0.2) is 0 Å². The maximum atomic E-state index is 5.52. The van der Waals surface area contributed by atoms with Crippen molar-refractivity contribution in [2.45, 2.75) is 78.1 Å². The van der Waals surface area contributed by atoms with Gasteiger partial charge in [-0.1, -0.05) is 58.8 Å². The van der Waals surface area contributed by atoms with Gasteiger partial charge in [0.15, 0.2) is 0 Å². The van der Waals surface area contributed by atoms with E-state index in [1.165, 1.54) is 64.3 Å². The molecule has 0 radical (unpaired) electrons. The molecule has 1 N–H and O–H groups in total. The summed E-state index contributed by atoms with van der Waals surface area (Å²) in [4.78, 5) is 0. The van der Waals surface area contributed by atoms with E-state index in [9.17, 15) is 0 Å². The van der Waals surface area contributed by atoms with Crippen LogP contribution in [0.2, 0.25) is 0 Å². The zero-order valence-corrected chi connectivity index (χ0v) is 12.8. The topological polar surface area (TPSA) is 21.3 Å². The van der Waals surface area contributed by atoms with Crippen molar-refractivity contribution < 1.29 is 4.74 Å². The molecular formula is C16H35NO. The molecule has 0 aliphatic rings. The van der Waals surface area contributed by atoms with Gasteiger partial charge in [-0.15, -0.1) is 0 Å². The van der Waals surface area contributed by atoms with Crippen LogP contribution >= 0.6 is 0 Å². The molecule has 0 aromatic rings. The molecule has 110 valence electrons. The van der Waals surface area contributed by atoms with E-state index in [4.69, 9.17) is 4.74 Å². The van der Waals surface area contributed by atoms with E-state index < -0.39 is 0 Å². The minimum absolute atomic E-state index is 0.921. The van der Waals surface area contributed by atoms with E-state index in [0.29, 0.717) is 0 Å². The highest BCUT2D eigenvalue weighted by atomic mass is 16.5. The SMILES string of the molecule is CCCCCCCCCNCCCOCCCC. The lowest BCUT2D eigenvalue weighted by Gasteiger charge is -2.05. The van der Waals surface area contributed by atoms with Crippen molar-refractivity contribution in [3.8, 4) is 0 Å². The second-order valence-electron chi connectivity index (χ2n) is 5.19. The van der Waals surface area contributed by atoms with Crippen LogP contribution in [0.3, 0.4) is 0 Å². The molecule has 0 aliphatic carbocycles. The van der Waals surface area contributed by atoms with Crippen molar-refractivity contribution >= 4 is 0 Å². The zero-order chi connectivity index (χ0) is 13.3. The van der Waals surface area contributed by atoms with E-state index in [-0.39, 0.29) is 0 Å². The first kappa shape index (κ1) is 17.9. The summed E-state index contributed by atoms with van der Waals surface area (Å²) < 4.78 is 5.52. The van der Waals surface area contributed by atoms with Gasteiger partial charge in [-0.3, -0.25) is 0 Å². The predicted octanol–water partition coefficient (Wildman–Crippen LogP) is 4.53. The van der Waals surface area contributed by atoms with Gasteiger partial charge < -0.3 is 10.1 Å². The lowest BCUT2D eigenvalue weighted by atomic mass is 10.1. The monoisotopic (exact) mass is 257 g/mol. The number of rotatable bonds is 15. The summed E-state index contributed by atoms with van der Waals surface area (Å²) in [6, 6.07) is 0. The fourth-order valence-electron chi connectivity index (χ4n) is 1.98. The van der Waals surface area contributed by atoms with Crippen molar-refractivity contribution in [2.24, 2.45) is 0 Å². The minimum atomic E-state index is 0.921. The predicted molar refractivity (Wildman–Crippen MR) is 81.2 cm³/mol. The largest absolute Gasteiger partial charge is 0.381 e. The smallest absolute Gasteiger partial charge is 0.0478 e. The van der Waals surface area contributed by atoms with Crippen LogP contribution in [0, 0.1) is 0 Å². The Morgan fingerprint density at radius 2 is 1.17 bits per heavy atom.